The first-order chi connectivity index (χ1) is 21.7. The maximum absolute atomic E-state index is 13.0. The minimum absolute atomic E-state index is 0.0401. The number of piperazine rings is 1. The van der Waals surface area contributed by atoms with Gasteiger partial charge in [-0.15, -0.1) is 0 Å². The average Bonchev–Trinajstić information content (AvgIpc) is 2.99. The van der Waals surface area contributed by atoms with E-state index in [1.165, 1.54) is 12.1 Å². The Labute approximate surface area is 274 Å². The van der Waals surface area contributed by atoms with Crippen LogP contribution >= 0.6 is 0 Å². The van der Waals surface area contributed by atoms with Crippen molar-refractivity contribution < 1.29 is 32.3 Å². The monoisotopic (exact) mass is 663 g/mol. The number of esters is 1. The molecule has 0 aromatic heterocycles. The first-order valence-electron chi connectivity index (χ1n) is 16.7. The van der Waals surface area contributed by atoms with E-state index in [1.807, 2.05) is 32.6 Å². The molecule has 3 saturated heterocycles. The molecular weight excluding hydrogens is 610 g/mol. The van der Waals surface area contributed by atoms with Crippen molar-refractivity contribution in [1.29, 1.82) is 0 Å². The second-order valence-corrected chi connectivity index (χ2v) is 15.7. The molecule has 4 rings (SSSR count). The molecule has 12 nitrogen and oxygen atoms in total. The van der Waals surface area contributed by atoms with E-state index < -0.39 is 27.6 Å². The maximum atomic E-state index is 13.0. The fourth-order valence-electron chi connectivity index (χ4n) is 6.61. The Morgan fingerprint density at radius 2 is 1.65 bits per heavy atom. The quantitative estimate of drug-likeness (QED) is 0.343. The van der Waals surface area contributed by atoms with Gasteiger partial charge in [0.15, 0.2) is 0 Å². The highest BCUT2D eigenvalue weighted by Gasteiger charge is 2.36. The van der Waals surface area contributed by atoms with Crippen LogP contribution in [-0.4, -0.2) is 118 Å². The van der Waals surface area contributed by atoms with Gasteiger partial charge in [0.25, 0.3) is 0 Å². The summed E-state index contributed by atoms with van der Waals surface area (Å²) in [5, 5.41) is 2.78. The number of carbonyl (C=O) groups is 3. The van der Waals surface area contributed by atoms with Crippen LogP contribution in [0, 0.1) is 18.8 Å². The lowest BCUT2D eigenvalue weighted by Crippen LogP contribution is -2.57. The van der Waals surface area contributed by atoms with Gasteiger partial charge >= 0.3 is 12.1 Å². The summed E-state index contributed by atoms with van der Waals surface area (Å²) < 4.78 is 38.9. The van der Waals surface area contributed by atoms with Crippen molar-refractivity contribution in [2.24, 2.45) is 11.8 Å². The molecule has 3 aliphatic rings. The Morgan fingerprint density at radius 1 is 0.978 bits per heavy atom. The van der Waals surface area contributed by atoms with Gasteiger partial charge in [0.2, 0.25) is 15.9 Å². The van der Waals surface area contributed by atoms with Crippen molar-refractivity contribution >= 4 is 28.0 Å². The molecule has 258 valence electrons. The standard InChI is InChI=1S/C33H53N5O7S/c1-6-44-31(40)29(35-46(42,43)28-9-7-24(2)8-10-28)21-34-30(39)20-26-13-14-37-18-17-36(23-27(37)19-26)22-25-11-15-38(16-12-25)32(41)45-33(3,4)5/h7-10,25-27,29,35H,6,11-23H2,1-5H3,(H,34,39)/t26?,27-,29+/m1/s1. The first-order valence-corrected chi connectivity index (χ1v) is 18.2. The van der Waals surface area contributed by atoms with Crippen molar-refractivity contribution in [1.82, 2.24) is 24.7 Å². The van der Waals surface area contributed by atoms with Crippen LogP contribution in [0.5, 0.6) is 0 Å². The van der Waals surface area contributed by atoms with E-state index in [2.05, 4.69) is 19.8 Å². The van der Waals surface area contributed by atoms with Crippen molar-refractivity contribution in [2.75, 3.05) is 59.0 Å². The number of hydrogen-bond donors (Lipinski definition) is 2. The van der Waals surface area contributed by atoms with Crippen molar-refractivity contribution in [3.8, 4) is 0 Å². The van der Waals surface area contributed by atoms with Crippen molar-refractivity contribution in [2.45, 2.75) is 89.3 Å². The molecular formula is C33H53N5O7S. The molecule has 46 heavy (non-hydrogen) atoms. The molecule has 13 heteroatoms. The first kappa shape index (κ1) is 36.1. The van der Waals surface area contributed by atoms with Gasteiger partial charge in [0, 0.05) is 58.3 Å². The predicted octanol–water partition coefficient (Wildman–Crippen LogP) is 2.75. The number of fused-ring (bicyclic) bond motifs is 1. The van der Waals surface area contributed by atoms with E-state index in [4.69, 9.17) is 9.47 Å². The number of benzene rings is 1. The summed E-state index contributed by atoms with van der Waals surface area (Å²) in [5.74, 6) is -0.175. The zero-order valence-corrected chi connectivity index (χ0v) is 28.9. The smallest absolute Gasteiger partial charge is 0.410 e. The van der Waals surface area contributed by atoms with Gasteiger partial charge in [0.1, 0.15) is 11.6 Å². The molecule has 2 amide bonds. The molecule has 3 aliphatic heterocycles. The molecule has 0 aliphatic carbocycles. The zero-order chi connectivity index (χ0) is 33.5. The highest BCUT2D eigenvalue weighted by Crippen LogP contribution is 2.29. The number of rotatable bonds is 11. The number of nitrogens with one attached hydrogen (secondary N) is 2. The Kier molecular flexibility index (Phi) is 12.5. The second-order valence-electron chi connectivity index (χ2n) is 14.0. The van der Waals surface area contributed by atoms with E-state index in [0.717, 1.165) is 77.1 Å². The van der Waals surface area contributed by atoms with Crippen molar-refractivity contribution in [3.63, 3.8) is 0 Å². The van der Waals surface area contributed by atoms with Gasteiger partial charge in [-0.2, -0.15) is 4.72 Å². The Morgan fingerprint density at radius 3 is 2.30 bits per heavy atom. The maximum Gasteiger partial charge on any atom is 0.410 e. The van der Waals surface area contributed by atoms with Crippen LogP contribution in [0.15, 0.2) is 29.2 Å². The third kappa shape index (κ3) is 10.6. The van der Waals surface area contributed by atoms with Crippen LogP contribution in [0.2, 0.25) is 0 Å². The van der Waals surface area contributed by atoms with Gasteiger partial charge in [-0.25, -0.2) is 13.2 Å². The fourth-order valence-corrected chi connectivity index (χ4v) is 7.79. The van der Waals surface area contributed by atoms with Crippen LogP contribution in [0.1, 0.15) is 65.4 Å². The Balaban J connectivity index is 1.23. The number of sulfonamides is 1. The van der Waals surface area contributed by atoms with Crippen LogP contribution in [0.25, 0.3) is 0 Å². The summed E-state index contributed by atoms with van der Waals surface area (Å²) in [6, 6.07) is 5.48. The van der Waals surface area contributed by atoms with Gasteiger partial charge in [-0.3, -0.25) is 14.5 Å². The largest absolute Gasteiger partial charge is 0.465 e. The fraction of sp³-hybridized carbons (Fsp3) is 0.727. The number of aryl methyl sites for hydroxylation is 1. The third-order valence-electron chi connectivity index (χ3n) is 9.08. The molecule has 1 aromatic carbocycles. The van der Waals surface area contributed by atoms with E-state index in [9.17, 15) is 22.8 Å². The number of likely N-dealkylation sites (tertiary alicyclic amines) is 1. The molecule has 0 radical (unpaired) electrons. The number of hydrogen-bond acceptors (Lipinski definition) is 9. The molecule has 2 N–H and O–H groups in total. The summed E-state index contributed by atoms with van der Waals surface area (Å²) in [6.07, 6.45) is 3.89. The van der Waals surface area contributed by atoms with Crippen LogP contribution in [0.3, 0.4) is 0 Å². The highest BCUT2D eigenvalue weighted by molar-refractivity contribution is 7.89. The minimum Gasteiger partial charge on any atom is -0.465 e. The number of ether oxygens (including phenoxy) is 2. The number of piperidine rings is 2. The third-order valence-corrected chi connectivity index (χ3v) is 10.6. The summed E-state index contributed by atoms with van der Waals surface area (Å²) in [6.45, 7) is 15.5. The SMILES string of the molecule is CCOC(=O)[C@H](CNC(=O)CC1CCN2CCN(CC3CCN(C(=O)OC(C)(C)C)CC3)C[C@H]2C1)NS(=O)(=O)c1ccc(C)cc1. The zero-order valence-electron chi connectivity index (χ0n) is 28.1. The lowest BCUT2D eigenvalue weighted by atomic mass is 9.86. The highest BCUT2D eigenvalue weighted by atomic mass is 32.2. The second kappa shape index (κ2) is 15.9. The molecule has 3 fully saturated rings. The van der Waals surface area contributed by atoms with E-state index >= 15 is 0 Å². The molecule has 0 bridgehead atoms. The Bertz CT molecular complexity index is 1290. The average molecular weight is 664 g/mol. The van der Waals surface area contributed by atoms with Gasteiger partial charge in [-0.05, 0) is 90.8 Å². The number of amides is 2. The summed E-state index contributed by atoms with van der Waals surface area (Å²) >= 11 is 0. The predicted molar refractivity (Wildman–Crippen MR) is 175 cm³/mol. The van der Waals surface area contributed by atoms with E-state index in [-0.39, 0.29) is 36.0 Å². The van der Waals surface area contributed by atoms with Crippen LogP contribution < -0.4 is 10.0 Å². The van der Waals surface area contributed by atoms with E-state index in [0.29, 0.717) is 18.4 Å². The number of nitrogens with zero attached hydrogens (tertiary/aromatic N) is 3. The van der Waals surface area contributed by atoms with Crippen LogP contribution in [0.4, 0.5) is 4.79 Å². The minimum atomic E-state index is -3.99. The van der Waals surface area contributed by atoms with Gasteiger partial charge in [-0.1, -0.05) is 17.7 Å². The van der Waals surface area contributed by atoms with Gasteiger partial charge in [0.05, 0.1) is 11.5 Å². The topological polar surface area (TPSA) is 138 Å². The van der Waals surface area contributed by atoms with Gasteiger partial charge < -0.3 is 24.6 Å². The number of carbonyl (C=O) groups excluding carboxylic acids is 3. The Hall–Kier alpha value is -2.74. The summed E-state index contributed by atoms with van der Waals surface area (Å²) in [7, 11) is -3.99. The summed E-state index contributed by atoms with van der Waals surface area (Å²) in [5.41, 5.74) is 0.428. The summed E-state index contributed by atoms with van der Waals surface area (Å²) in [4.78, 5) is 45.0. The van der Waals surface area contributed by atoms with Crippen molar-refractivity contribution in [3.05, 3.63) is 29.8 Å². The molecule has 0 saturated carbocycles. The molecule has 0 spiro atoms. The molecule has 3 heterocycles. The molecule has 3 atom stereocenters. The lowest BCUT2D eigenvalue weighted by Gasteiger charge is -2.47. The lowest BCUT2D eigenvalue weighted by molar-refractivity contribution is -0.145. The normalized spacial score (nSPS) is 22.5. The molecule has 1 unspecified atom stereocenters. The molecule has 1 aromatic rings. The van der Waals surface area contributed by atoms with Crippen LogP contribution in [-0.2, 0) is 29.1 Å². The van der Waals surface area contributed by atoms with E-state index in [1.54, 1.807) is 19.1 Å².